The third kappa shape index (κ3) is 6.72. The Balaban J connectivity index is 1.96. The van der Waals surface area contributed by atoms with Crippen molar-refractivity contribution < 1.29 is 28.5 Å². The van der Waals surface area contributed by atoms with E-state index in [4.69, 9.17) is 18.9 Å². The molecule has 0 fully saturated rings. The highest BCUT2D eigenvalue weighted by molar-refractivity contribution is 6.11. The Kier molecular flexibility index (Phi) is 10.3. The van der Waals surface area contributed by atoms with Crippen LogP contribution >= 0.6 is 0 Å². The van der Waals surface area contributed by atoms with Crippen molar-refractivity contribution >= 4 is 45.6 Å². The van der Waals surface area contributed by atoms with Crippen molar-refractivity contribution in [2.75, 3.05) is 26.4 Å². The van der Waals surface area contributed by atoms with E-state index < -0.39 is 11.9 Å². The zero-order valence-corrected chi connectivity index (χ0v) is 25.1. The van der Waals surface area contributed by atoms with Crippen molar-refractivity contribution in [3.05, 3.63) is 82.9 Å². The largest absolute Gasteiger partial charge is 0.493 e. The Morgan fingerprint density at radius 1 is 0.614 bits per heavy atom. The number of hydrogen-bond donors (Lipinski definition) is 0. The molecule has 0 saturated carbocycles. The van der Waals surface area contributed by atoms with E-state index in [1.807, 2.05) is 86.6 Å². The Morgan fingerprint density at radius 2 is 1.02 bits per heavy atom. The Hall–Kier alpha value is -5.60. The molecule has 0 atom stereocenters. The van der Waals surface area contributed by atoms with Crippen molar-refractivity contribution in [1.29, 1.82) is 10.5 Å². The van der Waals surface area contributed by atoms with Gasteiger partial charge in [0, 0.05) is 11.1 Å². The molecule has 0 aromatic heterocycles. The number of ether oxygens (including phenoxy) is 4. The average Bonchev–Trinajstić information content (AvgIpc) is 3.03. The first kappa shape index (κ1) is 31.3. The molecule has 44 heavy (non-hydrogen) atoms. The van der Waals surface area contributed by atoms with E-state index in [2.05, 4.69) is 0 Å². The SMILES string of the molecule is CCOC(=O)/C(C#N)=C/c1ccc2c(-c3c(OCC)ccc4cc(/C=C(\C#N)C(=O)OCC)ccc34)c(OCC)ccc2c1. The highest BCUT2D eigenvalue weighted by atomic mass is 16.5. The molecule has 8 heteroatoms. The zero-order valence-electron chi connectivity index (χ0n) is 25.1. The second-order valence-corrected chi connectivity index (χ2v) is 9.49. The number of fused-ring (bicyclic) bond motifs is 2. The first-order chi connectivity index (χ1) is 21.4. The summed E-state index contributed by atoms with van der Waals surface area (Å²) >= 11 is 0. The highest BCUT2D eigenvalue weighted by Gasteiger charge is 2.20. The van der Waals surface area contributed by atoms with Crippen LogP contribution in [-0.4, -0.2) is 38.4 Å². The number of hydrogen-bond acceptors (Lipinski definition) is 8. The lowest BCUT2D eigenvalue weighted by Gasteiger charge is -2.19. The predicted octanol–water partition coefficient (Wildman–Crippen LogP) is 7.40. The van der Waals surface area contributed by atoms with E-state index in [0.717, 1.165) is 32.7 Å². The van der Waals surface area contributed by atoms with E-state index in [1.54, 1.807) is 13.8 Å². The van der Waals surface area contributed by atoms with E-state index in [9.17, 15) is 20.1 Å². The number of benzene rings is 4. The van der Waals surface area contributed by atoms with E-state index in [0.29, 0.717) is 35.8 Å². The van der Waals surface area contributed by atoms with Crippen LogP contribution in [0.2, 0.25) is 0 Å². The smallest absolute Gasteiger partial charge is 0.348 e. The molecule has 8 nitrogen and oxygen atoms in total. The van der Waals surface area contributed by atoms with Gasteiger partial charge in [0.2, 0.25) is 0 Å². The van der Waals surface area contributed by atoms with Crippen LogP contribution in [0.25, 0.3) is 44.8 Å². The van der Waals surface area contributed by atoms with Gasteiger partial charge >= 0.3 is 11.9 Å². The third-order valence-corrected chi connectivity index (χ3v) is 6.71. The van der Waals surface area contributed by atoms with Crippen LogP contribution in [0.1, 0.15) is 38.8 Å². The van der Waals surface area contributed by atoms with Crippen LogP contribution in [0, 0.1) is 22.7 Å². The molecule has 0 aliphatic rings. The summed E-state index contributed by atoms with van der Waals surface area (Å²) in [4.78, 5) is 24.4. The molecular weight excluding hydrogens is 556 g/mol. The molecule has 0 amide bonds. The second-order valence-electron chi connectivity index (χ2n) is 9.49. The lowest BCUT2D eigenvalue weighted by molar-refractivity contribution is -0.138. The van der Waals surface area contributed by atoms with Gasteiger partial charge in [0.1, 0.15) is 34.8 Å². The number of carbonyl (C=O) groups excluding carboxylic acids is 2. The molecule has 0 saturated heterocycles. The van der Waals surface area contributed by atoms with Gasteiger partial charge in [-0.25, -0.2) is 9.59 Å². The quantitative estimate of drug-likeness (QED) is 0.101. The number of nitriles is 2. The summed E-state index contributed by atoms with van der Waals surface area (Å²) in [6.07, 6.45) is 3.02. The van der Waals surface area contributed by atoms with Crippen LogP contribution in [-0.2, 0) is 19.1 Å². The van der Waals surface area contributed by atoms with Gasteiger partial charge in [0.25, 0.3) is 0 Å². The average molecular weight is 589 g/mol. The molecule has 0 N–H and O–H groups in total. The van der Waals surface area contributed by atoms with Gasteiger partial charge in [0.15, 0.2) is 0 Å². The van der Waals surface area contributed by atoms with E-state index >= 15 is 0 Å². The lowest BCUT2D eigenvalue weighted by atomic mass is 9.90. The van der Waals surface area contributed by atoms with Crippen LogP contribution in [0.3, 0.4) is 0 Å². The number of rotatable bonds is 11. The first-order valence-corrected chi connectivity index (χ1v) is 14.4. The molecular formula is C36H32N2O6. The molecule has 0 heterocycles. The van der Waals surface area contributed by atoms with Crippen LogP contribution < -0.4 is 9.47 Å². The number of nitrogens with zero attached hydrogens (tertiary/aromatic N) is 2. The number of carbonyl (C=O) groups is 2. The summed E-state index contributed by atoms with van der Waals surface area (Å²) in [5, 5.41) is 22.5. The Labute approximate surface area is 256 Å². The molecule has 4 rings (SSSR count). The molecule has 0 aliphatic carbocycles. The van der Waals surface area contributed by atoms with Crippen molar-refractivity contribution in [3.63, 3.8) is 0 Å². The predicted molar refractivity (Wildman–Crippen MR) is 170 cm³/mol. The van der Waals surface area contributed by atoms with E-state index in [-0.39, 0.29) is 24.4 Å². The maximum atomic E-state index is 12.2. The van der Waals surface area contributed by atoms with Crippen LogP contribution in [0.5, 0.6) is 11.5 Å². The maximum absolute atomic E-state index is 12.2. The van der Waals surface area contributed by atoms with Crippen molar-refractivity contribution in [1.82, 2.24) is 0 Å². The van der Waals surface area contributed by atoms with Gasteiger partial charge in [-0.3, -0.25) is 0 Å². The highest BCUT2D eigenvalue weighted by Crippen LogP contribution is 2.46. The van der Waals surface area contributed by atoms with Gasteiger partial charge < -0.3 is 18.9 Å². The van der Waals surface area contributed by atoms with Gasteiger partial charge in [-0.1, -0.05) is 36.4 Å². The summed E-state index contributed by atoms with van der Waals surface area (Å²) in [7, 11) is 0. The fourth-order valence-corrected chi connectivity index (χ4v) is 4.93. The number of esters is 2. The fraction of sp³-hybridized carbons (Fsp3) is 0.222. The molecule has 0 unspecified atom stereocenters. The topological polar surface area (TPSA) is 119 Å². The van der Waals surface area contributed by atoms with Gasteiger partial charge in [-0.15, -0.1) is 0 Å². The Bertz CT molecular complexity index is 1740. The summed E-state index contributed by atoms with van der Waals surface area (Å²) in [6, 6.07) is 22.9. The van der Waals surface area contributed by atoms with Gasteiger partial charge in [0.05, 0.1) is 26.4 Å². The maximum Gasteiger partial charge on any atom is 0.348 e. The van der Waals surface area contributed by atoms with Crippen molar-refractivity contribution in [2.24, 2.45) is 0 Å². The minimum atomic E-state index is -0.669. The Morgan fingerprint density at radius 3 is 1.36 bits per heavy atom. The van der Waals surface area contributed by atoms with Crippen LogP contribution in [0.15, 0.2) is 71.8 Å². The lowest BCUT2D eigenvalue weighted by Crippen LogP contribution is -2.06. The van der Waals surface area contributed by atoms with Gasteiger partial charge in [-0.2, -0.15) is 10.5 Å². The van der Waals surface area contributed by atoms with Crippen molar-refractivity contribution in [3.8, 4) is 34.8 Å². The van der Waals surface area contributed by atoms with E-state index in [1.165, 1.54) is 12.2 Å². The molecule has 4 aromatic carbocycles. The second kappa shape index (κ2) is 14.5. The molecule has 0 aliphatic heterocycles. The summed E-state index contributed by atoms with van der Waals surface area (Å²) in [5.41, 5.74) is 2.83. The summed E-state index contributed by atoms with van der Waals surface area (Å²) in [5.74, 6) is -0.00558. The molecule has 0 spiro atoms. The zero-order chi connectivity index (χ0) is 31.6. The molecule has 0 bridgehead atoms. The third-order valence-electron chi connectivity index (χ3n) is 6.71. The molecule has 222 valence electrons. The molecule has 4 aromatic rings. The molecule has 0 radical (unpaired) electrons. The van der Waals surface area contributed by atoms with Gasteiger partial charge in [-0.05, 0) is 96.8 Å². The standard InChI is InChI=1S/C36H32N2O6/c1-5-41-31-15-11-25-17-23(19-27(21-37)35(39)43-7-3)9-13-29(25)33(31)34-30-14-10-24(20-28(22-38)36(40)44-8-4)18-26(30)12-16-32(34)42-6-2/h9-20H,5-8H2,1-4H3/b27-19+,28-20+. The first-order valence-electron chi connectivity index (χ1n) is 14.4. The minimum absolute atomic E-state index is 0.0857. The minimum Gasteiger partial charge on any atom is -0.493 e. The normalized spacial score (nSPS) is 11.5. The fourth-order valence-electron chi connectivity index (χ4n) is 4.93. The van der Waals surface area contributed by atoms with Crippen molar-refractivity contribution in [2.45, 2.75) is 27.7 Å². The summed E-state index contributed by atoms with van der Waals surface area (Å²) in [6.45, 7) is 8.45. The van der Waals surface area contributed by atoms with Crippen LogP contribution in [0.4, 0.5) is 0 Å². The monoisotopic (exact) mass is 588 g/mol. The summed E-state index contributed by atoms with van der Waals surface area (Å²) < 4.78 is 22.3.